The molecule has 2 saturated heterocycles. The molecule has 0 atom stereocenters. The molecule has 2 fully saturated rings. The summed E-state index contributed by atoms with van der Waals surface area (Å²) < 4.78 is 0. The van der Waals surface area contributed by atoms with Crippen LogP contribution in [0.4, 0.5) is 4.79 Å². The fraction of sp³-hybridized carbons (Fsp3) is 0.615. The van der Waals surface area contributed by atoms with E-state index >= 15 is 0 Å². The summed E-state index contributed by atoms with van der Waals surface area (Å²) in [5.41, 5.74) is 0. The molecular weight excluding hydrogens is 290 g/mol. The van der Waals surface area contributed by atoms with Crippen molar-refractivity contribution < 1.29 is 24.1 Å². The number of carbonyl (C=O) groups is 4. The lowest BCUT2D eigenvalue weighted by atomic mass is 10.1. The normalized spacial score (nSPS) is 21.1. The molecule has 3 N–H and O–H groups in total. The minimum Gasteiger partial charge on any atom is -0.332 e. The molecule has 2 rings (SSSR count). The minimum atomic E-state index is -1.05. The van der Waals surface area contributed by atoms with Crippen molar-refractivity contribution in [2.24, 2.45) is 10.9 Å². The van der Waals surface area contributed by atoms with Gasteiger partial charge >= 0.3 is 6.03 Å². The van der Waals surface area contributed by atoms with Crippen molar-refractivity contribution in [1.29, 1.82) is 0 Å². The molecule has 0 radical (unpaired) electrons. The van der Waals surface area contributed by atoms with Gasteiger partial charge in [0, 0.05) is 13.1 Å². The molecule has 120 valence electrons. The SMILES string of the molecule is CC(=O)N1CC[NH+](CCN=CC2C(=O)NC(=O)NC2=O)CC1. The first kappa shape index (κ1) is 16.1. The van der Waals surface area contributed by atoms with E-state index in [1.54, 1.807) is 6.92 Å². The highest BCUT2D eigenvalue weighted by Crippen LogP contribution is 1.98. The van der Waals surface area contributed by atoms with Crippen LogP contribution in [0.3, 0.4) is 0 Å². The number of rotatable bonds is 4. The van der Waals surface area contributed by atoms with Gasteiger partial charge in [0.15, 0.2) is 5.92 Å². The Morgan fingerprint density at radius 1 is 1.27 bits per heavy atom. The Morgan fingerprint density at radius 3 is 2.41 bits per heavy atom. The summed E-state index contributed by atoms with van der Waals surface area (Å²) in [6.07, 6.45) is 1.28. The molecule has 0 aromatic rings. The monoisotopic (exact) mass is 310 g/mol. The number of nitrogens with zero attached hydrogens (tertiary/aromatic N) is 2. The number of nitrogens with one attached hydrogen (secondary N) is 3. The van der Waals surface area contributed by atoms with Crippen LogP contribution in [-0.2, 0) is 14.4 Å². The van der Waals surface area contributed by atoms with Gasteiger partial charge in [0.1, 0.15) is 0 Å². The highest BCUT2D eigenvalue weighted by atomic mass is 16.2. The first-order chi connectivity index (χ1) is 10.5. The average Bonchev–Trinajstić information content (AvgIpc) is 2.46. The van der Waals surface area contributed by atoms with E-state index in [0.29, 0.717) is 6.54 Å². The molecule has 2 aliphatic rings. The highest BCUT2D eigenvalue weighted by Gasteiger charge is 2.32. The molecule has 9 nitrogen and oxygen atoms in total. The van der Waals surface area contributed by atoms with Crippen LogP contribution < -0.4 is 15.5 Å². The first-order valence-corrected chi connectivity index (χ1v) is 7.22. The Labute approximate surface area is 127 Å². The number of piperazine rings is 1. The van der Waals surface area contributed by atoms with Crippen LogP contribution in [0, 0.1) is 5.92 Å². The van der Waals surface area contributed by atoms with Crippen molar-refractivity contribution in [3.05, 3.63) is 0 Å². The third-order valence-electron chi connectivity index (χ3n) is 3.80. The van der Waals surface area contributed by atoms with Crippen LogP contribution in [0.1, 0.15) is 6.92 Å². The molecule has 0 aromatic heterocycles. The van der Waals surface area contributed by atoms with Gasteiger partial charge in [-0.15, -0.1) is 0 Å². The maximum absolute atomic E-state index is 11.5. The molecule has 9 heteroatoms. The maximum atomic E-state index is 11.5. The van der Waals surface area contributed by atoms with Gasteiger partial charge < -0.3 is 9.80 Å². The summed E-state index contributed by atoms with van der Waals surface area (Å²) in [5.74, 6) is -2.26. The van der Waals surface area contributed by atoms with E-state index in [-0.39, 0.29) is 5.91 Å². The first-order valence-electron chi connectivity index (χ1n) is 7.22. The Kier molecular flexibility index (Phi) is 5.21. The van der Waals surface area contributed by atoms with Crippen molar-refractivity contribution >= 4 is 30.0 Å². The molecule has 0 spiro atoms. The van der Waals surface area contributed by atoms with E-state index in [1.165, 1.54) is 11.1 Å². The number of barbiturate groups is 1. The summed E-state index contributed by atoms with van der Waals surface area (Å²) in [6, 6.07) is -0.799. The molecule has 2 heterocycles. The zero-order valence-corrected chi connectivity index (χ0v) is 12.4. The predicted molar refractivity (Wildman–Crippen MR) is 76.3 cm³/mol. The maximum Gasteiger partial charge on any atom is 0.328 e. The Balaban J connectivity index is 1.72. The van der Waals surface area contributed by atoms with Crippen LogP contribution >= 0.6 is 0 Å². The van der Waals surface area contributed by atoms with Gasteiger partial charge in [0.2, 0.25) is 17.7 Å². The fourth-order valence-electron chi connectivity index (χ4n) is 2.46. The molecular formula is C13H20N5O4+. The van der Waals surface area contributed by atoms with Crippen molar-refractivity contribution in [2.45, 2.75) is 6.92 Å². The number of aliphatic imine (C=N–C) groups is 1. The second-order valence-electron chi connectivity index (χ2n) is 5.35. The van der Waals surface area contributed by atoms with Gasteiger partial charge in [-0.1, -0.05) is 0 Å². The number of imide groups is 2. The predicted octanol–water partition coefficient (Wildman–Crippen LogP) is -3.21. The molecule has 2 aliphatic heterocycles. The van der Waals surface area contributed by atoms with Crippen LogP contribution in [0.5, 0.6) is 0 Å². The zero-order chi connectivity index (χ0) is 16.1. The Morgan fingerprint density at radius 2 is 1.86 bits per heavy atom. The number of urea groups is 1. The zero-order valence-electron chi connectivity index (χ0n) is 12.4. The van der Waals surface area contributed by atoms with E-state index in [4.69, 9.17) is 0 Å². The van der Waals surface area contributed by atoms with Crippen LogP contribution in [0.15, 0.2) is 4.99 Å². The summed E-state index contributed by atoms with van der Waals surface area (Å²) in [6.45, 7) is 6.05. The number of amides is 5. The summed E-state index contributed by atoms with van der Waals surface area (Å²) in [5, 5.41) is 4.04. The molecule has 0 aromatic carbocycles. The van der Waals surface area contributed by atoms with Crippen molar-refractivity contribution in [1.82, 2.24) is 15.5 Å². The van der Waals surface area contributed by atoms with Crippen LogP contribution in [0.25, 0.3) is 0 Å². The number of quaternary nitrogens is 1. The quantitative estimate of drug-likeness (QED) is 0.375. The van der Waals surface area contributed by atoms with Crippen LogP contribution in [-0.4, -0.2) is 74.1 Å². The lowest BCUT2D eigenvalue weighted by Crippen LogP contribution is -3.15. The number of carbonyl (C=O) groups excluding carboxylic acids is 4. The van der Waals surface area contributed by atoms with E-state index in [9.17, 15) is 19.2 Å². The summed E-state index contributed by atoms with van der Waals surface area (Å²) >= 11 is 0. The topological polar surface area (TPSA) is 112 Å². The third-order valence-corrected chi connectivity index (χ3v) is 3.80. The van der Waals surface area contributed by atoms with Crippen LogP contribution in [0.2, 0.25) is 0 Å². The minimum absolute atomic E-state index is 0.0981. The Hall–Kier alpha value is -2.29. The van der Waals surface area contributed by atoms with Crippen molar-refractivity contribution in [2.75, 3.05) is 39.3 Å². The molecule has 0 unspecified atom stereocenters. The van der Waals surface area contributed by atoms with Crippen molar-refractivity contribution in [3.8, 4) is 0 Å². The number of hydrogen-bond donors (Lipinski definition) is 3. The second kappa shape index (κ2) is 7.12. The highest BCUT2D eigenvalue weighted by molar-refractivity contribution is 6.23. The van der Waals surface area contributed by atoms with Crippen molar-refractivity contribution in [3.63, 3.8) is 0 Å². The Bertz CT molecular complexity index is 491. The van der Waals surface area contributed by atoms with Gasteiger partial charge in [-0.25, -0.2) is 4.79 Å². The lowest BCUT2D eigenvalue weighted by Gasteiger charge is -2.31. The van der Waals surface area contributed by atoms with Gasteiger partial charge in [-0.3, -0.25) is 30.0 Å². The largest absolute Gasteiger partial charge is 0.332 e. The van der Waals surface area contributed by atoms with Gasteiger partial charge in [0.05, 0.1) is 39.3 Å². The summed E-state index contributed by atoms with van der Waals surface area (Å²) in [4.78, 5) is 52.4. The van der Waals surface area contributed by atoms with Gasteiger partial charge in [-0.2, -0.15) is 0 Å². The van der Waals surface area contributed by atoms with E-state index < -0.39 is 23.8 Å². The molecule has 5 amide bonds. The summed E-state index contributed by atoms with van der Waals surface area (Å²) in [7, 11) is 0. The molecule has 0 bridgehead atoms. The van der Waals surface area contributed by atoms with Gasteiger partial charge in [-0.05, 0) is 0 Å². The molecule has 0 saturated carbocycles. The lowest BCUT2D eigenvalue weighted by molar-refractivity contribution is -0.902. The standard InChI is InChI=1S/C13H19N5O4/c1-9(19)18-6-4-17(5-7-18)3-2-14-8-10-11(20)15-13(22)16-12(10)21/h8,10H,2-7H2,1H3,(H2,15,16,20,21,22)/p+1. The van der Waals surface area contributed by atoms with Gasteiger partial charge in [0.25, 0.3) is 0 Å². The van der Waals surface area contributed by atoms with E-state index in [1.807, 2.05) is 15.5 Å². The van der Waals surface area contributed by atoms with E-state index in [2.05, 4.69) is 4.99 Å². The average molecular weight is 310 g/mol. The van der Waals surface area contributed by atoms with E-state index in [0.717, 1.165) is 32.7 Å². The second-order valence-corrected chi connectivity index (χ2v) is 5.35. The molecule has 0 aliphatic carbocycles. The smallest absolute Gasteiger partial charge is 0.328 e. The third kappa shape index (κ3) is 4.10. The number of hydrogen-bond acceptors (Lipinski definition) is 5. The fourth-order valence-corrected chi connectivity index (χ4v) is 2.46. The molecule has 22 heavy (non-hydrogen) atoms.